The van der Waals surface area contributed by atoms with Gasteiger partial charge in [0.1, 0.15) is 0 Å². The average Bonchev–Trinajstić information content (AvgIpc) is 2.55. The van der Waals surface area contributed by atoms with E-state index < -0.39 is 0 Å². The van der Waals surface area contributed by atoms with Gasteiger partial charge in [0.25, 0.3) is 0 Å². The van der Waals surface area contributed by atoms with Gasteiger partial charge < -0.3 is 0 Å². The average molecular weight is 239 g/mol. The minimum Gasteiger partial charge on any atom is -0.297 e. The molecule has 2 rings (SSSR count). The number of thiophene rings is 1. The topological polar surface area (TPSA) is 17.1 Å². The van der Waals surface area contributed by atoms with Gasteiger partial charge >= 0.3 is 0 Å². The Morgan fingerprint density at radius 1 is 1.40 bits per heavy atom. The third-order valence-corrected chi connectivity index (χ3v) is 4.07. The summed E-state index contributed by atoms with van der Waals surface area (Å²) in [4.78, 5) is 11.4. The summed E-state index contributed by atoms with van der Waals surface area (Å²) in [5.41, 5.74) is 1.25. The van der Waals surface area contributed by atoms with Gasteiger partial charge in [0.05, 0.1) is 9.90 Å². The number of hydrogen-bond acceptors (Lipinski definition) is 2. The van der Waals surface area contributed by atoms with Crippen LogP contribution in [0, 0.1) is 0 Å². The van der Waals surface area contributed by atoms with Crippen LogP contribution in [0.4, 0.5) is 0 Å². The molecule has 1 heterocycles. The van der Waals surface area contributed by atoms with E-state index in [1.54, 1.807) is 0 Å². The quantitative estimate of drug-likeness (QED) is 0.705. The van der Waals surface area contributed by atoms with Gasteiger partial charge in [0.2, 0.25) is 0 Å². The van der Waals surface area contributed by atoms with Crippen molar-refractivity contribution in [2.75, 3.05) is 0 Å². The maximum atomic E-state index is 10.7. The lowest BCUT2D eigenvalue weighted by Gasteiger charge is -2.04. The van der Waals surface area contributed by atoms with E-state index in [1.807, 2.05) is 6.07 Å². The molecular weight excluding hydrogens is 228 g/mol. The highest BCUT2D eigenvalue weighted by molar-refractivity contribution is 7.21. The predicted molar refractivity (Wildman–Crippen MR) is 66.3 cm³/mol. The Hall–Kier alpha value is -0.860. The van der Waals surface area contributed by atoms with Crippen LogP contribution in [0.5, 0.6) is 0 Å². The van der Waals surface area contributed by atoms with Crippen LogP contribution in [0.15, 0.2) is 18.2 Å². The largest absolute Gasteiger partial charge is 0.297 e. The van der Waals surface area contributed by atoms with Crippen molar-refractivity contribution in [1.82, 2.24) is 0 Å². The molecule has 1 nitrogen and oxygen atoms in total. The van der Waals surface area contributed by atoms with Crippen molar-refractivity contribution in [3.63, 3.8) is 0 Å². The highest BCUT2D eigenvalue weighted by atomic mass is 35.5. The Balaban J connectivity index is 2.70. The zero-order valence-electron chi connectivity index (χ0n) is 8.58. The molecule has 3 heteroatoms. The second kappa shape index (κ2) is 3.95. The van der Waals surface area contributed by atoms with Crippen LogP contribution in [0.2, 0.25) is 5.02 Å². The van der Waals surface area contributed by atoms with Crippen LogP contribution in [-0.4, -0.2) is 6.29 Å². The highest BCUT2D eigenvalue weighted by Gasteiger charge is 2.10. The molecule has 0 unspecified atom stereocenters. The van der Waals surface area contributed by atoms with Gasteiger partial charge in [-0.25, -0.2) is 0 Å². The molecule has 0 bridgehead atoms. The van der Waals surface area contributed by atoms with E-state index in [0.717, 1.165) is 16.4 Å². The van der Waals surface area contributed by atoms with E-state index in [-0.39, 0.29) is 0 Å². The number of carbonyl (C=O) groups is 1. The zero-order chi connectivity index (χ0) is 11.0. The molecule has 78 valence electrons. The van der Waals surface area contributed by atoms with Crippen molar-refractivity contribution in [2.24, 2.45) is 0 Å². The van der Waals surface area contributed by atoms with Crippen molar-refractivity contribution in [2.45, 2.75) is 19.8 Å². The maximum Gasteiger partial charge on any atom is 0.161 e. The number of rotatable bonds is 2. The van der Waals surface area contributed by atoms with E-state index in [9.17, 15) is 4.79 Å². The van der Waals surface area contributed by atoms with Crippen molar-refractivity contribution in [3.8, 4) is 0 Å². The summed E-state index contributed by atoms with van der Waals surface area (Å²) in [5, 5.41) is 1.59. The minimum atomic E-state index is 0.477. The first kappa shape index (κ1) is 10.7. The molecule has 0 fully saturated rings. The molecule has 0 spiro atoms. The fraction of sp³-hybridized carbons (Fsp3) is 0.250. The first-order valence-corrected chi connectivity index (χ1v) is 6.00. The minimum absolute atomic E-state index is 0.477. The molecule has 0 N–H and O–H groups in total. The number of fused-ring (bicyclic) bond motifs is 1. The first-order chi connectivity index (χ1) is 7.13. The van der Waals surface area contributed by atoms with Crippen LogP contribution < -0.4 is 0 Å². The summed E-state index contributed by atoms with van der Waals surface area (Å²) >= 11 is 7.56. The van der Waals surface area contributed by atoms with Crippen LogP contribution in [0.25, 0.3) is 10.1 Å². The second-order valence-electron chi connectivity index (χ2n) is 3.81. The smallest absolute Gasteiger partial charge is 0.161 e. The number of halogens is 1. The molecule has 0 aliphatic rings. The molecule has 0 amide bonds. The lowest BCUT2D eigenvalue weighted by Crippen LogP contribution is -1.85. The molecule has 0 atom stereocenters. The van der Waals surface area contributed by atoms with Gasteiger partial charge in [-0.3, -0.25) is 4.79 Å². The molecule has 2 aromatic rings. The van der Waals surface area contributed by atoms with Gasteiger partial charge in [0.15, 0.2) is 6.29 Å². The Morgan fingerprint density at radius 3 is 2.73 bits per heavy atom. The normalized spacial score (nSPS) is 11.2. The number of hydrogen-bond donors (Lipinski definition) is 0. The van der Waals surface area contributed by atoms with E-state index >= 15 is 0 Å². The molecule has 0 aliphatic heterocycles. The zero-order valence-corrected chi connectivity index (χ0v) is 10.2. The Morgan fingerprint density at radius 2 is 2.13 bits per heavy atom. The lowest BCUT2D eigenvalue weighted by molar-refractivity contribution is 0.112. The molecule has 1 aromatic heterocycles. The van der Waals surface area contributed by atoms with Crippen LogP contribution in [0.3, 0.4) is 0 Å². The SMILES string of the molecule is CC(C)c1ccc2sc(C=O)c(Cl)c2c1. The lowest BCUT2D eigenvalue weighted by atomic mass is 10.0. The second-order valence-corrected chi connectivity index (χ2v) is 5.27. The van der Waals surface area contributed by atoms with Crippen molar-refractivity contribution >= 4 is 39.3 Å². The van der Waals surface area contributed by atoms with E-state index in [4.69, 9.17) is 11.6 Å². The van der Waals surface area contributed by atoms with Crippen molar-refractivity contribution < 1.29 is 4.79 Å². The molecule has 0 aliphatic carbocycles. The molecule has 0 radical (unpaired) electrons. The van der Waals surface area contributed by atoms with Gasteiger partial charge in [-0.2, -0.15) is 0 Å². The summed E-state index contributed by atoms with van der Waals surface area (Å²) in [6.07, 6.45) is 0.821. The Labute approximate surface area is 97.7 Å². The van der Waals surface area contributed by atoms with E-state index in [2.05, 4.69) is 26.0 Å². The van der Waals surface area contributed by atoms with Crippen LogP contribution >= 0.6 is 22.9 Å². The molecule has 1 aromatic carbocycles. The fourth-order valence-electron chi connectivity index (χ4n) is 1.54. The number of benzene rings is 1. The Bertz CT molecular complexity index is 514. The van der Waals surface area contributed by atoms with Crippen LogP contribution in [0.1, 0.15) is 35.0 Å². The molecule has 0 saturated heterocycles. The third-order valence-electron chi connectivity index (χ3n) is 2.45. The van der Waals surface area contributed by atoms with Gasteiger partial charge in [-0.05, 0) is 23.6 Å². The van der Waals surface area contributed by atoms with Gasteiger partial charge in [-0.1, -0.05) is 31.5 Å². The number of carbonyl (C=O) groups excluding carboxylic acids is 1. The predicted octanol–water partition coefficient (Wildman–Crippen LogP) is 4.49. The van der Waals surface area contributed by atoms with Gasteiger partial charge in [-0.15, -0.1) is 11.3 Å². The monoisotopic (exact) mass is 238 g/mol. The van der Waals surface area contributed by atoms with Gasteiger partial charge in [0, 0.05) is 10.1 Å². The van der Waals surface area contributed by atoms with Crippen molar-refractivity contribution in [1.29, 1.82) is 0 Å². The van der Waals surface area contributed by atoms with E-state index in [1.165, 1.54) is 16.9 Å². The van der Waals surface area contributed by atoms with E-state index in [0.29, 0.717) is 15.8 Å². The number of aldehydes is 1. The molecule has 15 heavy (non-hydrogen) atoms. The maximum absolute atomic E-state index is 10.7. The molecule has 0 saturated carbocycles. The third kappa shape index (κ3) is 1.80. The summed E-state index contributed by atoms with van der Waals surface area (Å²) in [6.45, 7) is 4.28. The summed E-state index contributed by atoms with van der Waals surface area (Å²) in [5.74, 6) is 0.477. The first-order valence-electron chi connectivity index (χ1n) is 4.80. The van der Waals surface area contributed by atoms with Crippen molar-refractivity contribution in [3.05, 3.63) is 33.7 Å². The molecular formula is C12H11ClOS. The summed E-state index contributed by atoms with van der Waals surface area (Å²) in [6, 6.07) is 6.20. The summed E-state index contributed by atoms with van der Waals surface area (Å²) < 4.78 is 1.08. The summed E-state index contributed by atoms with van der Waals surface area (Å²) in [7, 11) is 0. The fourth-order valence-corrected chi connectivity index (χ4v) is 2.80. The standard InChI is InChI=1S/C12H11ClOS/c1-7(2)8-3-4-10-9(5-8)12(13)11(6-14)15-10/h3-7H,1-2H3. The van der Waals surface area contributed by atoms with Crippen LogP contribution in [-0.2, 0) is 0 Å². The highest BCUT2D eigenvalue weighted by Crippen LogP contribution is 2.35. The Kier molecular flexibility index (Phi) is 2.81.